The van der Waals surface area contributed by atoms with Gasteiger partial charge in [0.2, 0.25) is 0 Å². The van der Waals surface area contributed by atoms with Crippen LogP contribution >= 0.6 is 0 Å². The average Bonchev–Trinajstić information content (AvgIpc) is 2.50. The van der Waals surface area contributed by atoms with E-state index in [0.717, 1.165) is 30.6 Å². The fourth-order valence-electron chi connectivity index (χ4n) is 4.40. The van der Waals surface area contributed by atoms with Crippen LogP contribution in [0.2, 0.25) is 0 Å². The highest BCUT2D eigenvalue weighted by Gasteiger charge is 2.42. The predicted molar refractivity (Wildman–Crippen MR) is 89.7 cm³/mol. The molecule has 22 heavy (non-hydrogen) atoms. The summed E-state index contributed by atoms with van der Waals surface area (Å²) in [6.45, 7) is 8.75. The number of Topliss-reactive ketones (excluding diaryl/α,β-unsaturated/α-hetero) is 1. The van der Waals surface area contributed by atoms with E-state index >= 15 is 0 Å². The molecule has 0 saturated heterocycles. The molecule has 3 rings (SSSR count). The van der Waals surface area contributed by atoms with Gasteiger partial charge in [-0.1, -0.05) is 38.5 Å². The van der Waals surface area contributed by atoms with Crippen molar-refractivity contribution in [3.63, 3.8) is 0 Å². The van der Waals surface area contributed by atoms with Crippen LogP contribution in [0.15, 0.2) is 23.3 Å². The summed E-state index contributed by atoms with van der Waals surface area (Å²) in [6, 6.07) is 4.51. The highest BCUT2D eigenvalue weighted by atomic mass is 16.5. The fourth-order valence-corrected chi connectivity index (χ4v) is 4.40. The van der Waals surface area contributed by atoms with Gasteiger partial charge in [0, 0.05) is 11.8 Å². The summed E-state index contributed by atoms with van der Waals surface area (Å²) in [5, 5.41) is 0. The van der Waals surface area contributed by atoms with Crippen molar-refractivity contribution in [1.29, 1.82) is 0 Å². The van der Waals surface area contributed by atoms with Crippen molar-refractivity contribution in [2.45, 2.75) is 64.7 Å². The molecule has 0 saturated carbocycles. The molecule has 0 spiro atoms. The Bertz CT molecular complexity index is 667. The van der Waals surface area contributed by atoms with Crippen LogP contribution < -0.4 is 4.74 Å². The third kappa shape index (κ3) is 2.04. The van der Waals surface area contributed by atoms with Crippen LogP contribution in [0.1, 0.15) is 69.6 Å². The van der Waals surface area contributed by atoms with Crippen LogP contribution in [0.5, 0.6) is 5.75 Å². The summed E-state index contributed by atoms with van der Waals surface area (Å²) in [4.78, 5) is 12.1. The molecule has 1 aromatic carbocycles. The number of ether oxygens (including phenoxy) is 1. The molecule has 2 heteroatoms. The minimum Gasteiger partial charge on any atom is -0.496 e. The van der Waals surface area contributed by atoms with E-state index in [2.05, 4.69) is 32.9 Å². The van der Waals surface area contributed by atoms with Gasteiger partial charge in [0.15, 0.2) is 5.78 Å². The maximum atomic E-state index is 12.1. The fraction of sp³-hybridized carbons (Fsp3) is 0.550. The smallest absolute Gasteiger partial charge is 0.158 e. The third-order valence-corrected chi connectivity index (χ3v) is 5.73. The maximum absolute atomic E-state index is 12.1. The molecule has 1 aromatic rings. The number of methoxy groups -OCH3 is 1. The number of benzene rings is 1. The van der Waals surface area contributed by atoms with Gasteiger partial charge in [0.1, 0.15) is 5.75 Å². The third-order valence-electron chi connectivity index (χ3n) is 5.73. The van der Waals surface area contributed by atoms with Crippen molar-refractivity contribution in [3.8, 4) is 5.75 Å². The van der Waals surface area contributed by atoms with Gasteiger partial charge in [-0.3, -0.25) is 4.79 Å². The molecule has 2 nitrogen and oxygen atoms in total. The van der Waals surface area contributed by atoms with Crippen LogP contribution in [0.3, 0.4) is 0 Å². The monoisotopic (exact) mass is 298 g/mol. The van der Waals surface area contributed by atoms with E-state index in [0.29, 0.717) is 18.1 Å². The van der Waals surface area contributed by atoms with Crippen LogP contribution in [-0.2, 0) is 16.6 Å². The molecule has 118 valence electrons. The quantitative estimate of drug-likeness (QED) is 0.791. The molecule has 2 aliphatic rings. The van der Waals surface area contributed by atoms with Gasteiger partial charge in [-0.05, 0) is 54.4 Å². The number of hydrogen-bond donors (Lipinski definition) is 0. The Labute approximate surface area is 133 Å². The first-order valence-corrected chi connectivity index (χ1v) is 8.33. The van der Waals surface area contributed by atoms with Crippen molar-refractivity contribution in [2.24, 2.45) is 0 Å². The minimum atomic E-state index is 0.00830. The van der Waals surface area contributed by atoms with Crippen molar-refractivity contribution >= 4 is 5.78 Å². The summed E-state index contributed by atoms with van der Waals surface area (Å²) in [5.41, 5.74) is 6.40. The summed E-state index contributed by atoms with van der Waals surface area (Å²) < 4.78 is 5.79. The Morgan fingerprint density at radius 3 is 2.55 bits per heavy atom. The summed E-state index contributed by atoms with van der Waals surface area (Å²) >= 11 is 0. The highest BCUT2D eigenvalue weighted by Crippen LogP contribution is 2.51. The molecule has 0 fully saturated rings. The lowest BCUT2D eigenvalue weighted by Gasteiger charge is -2.43. The number of rotatable bonds is 2. The van der Waals surface area contributed by atoms with Gasteiger partial charge in [-0.2, -0.15) is 0 Å². The standard InChI is InChI=1S/C20H26O2/c1-12(2)14-6-9-17-15(19(14)22-5)7-8-16-13(3)18(21)10-11-20(16,17)4/h6,9,12H,7-8,10-11H2,1-5H3. The molecule has 0 radical (unpaired) electrons. The number of hydrogen-bond acceptors (Lipinski definition) is 2. The number of carbonyl (C=O) groups is 1. The van der Waals surface area contributed by atoms with Crippen LogP contribution in [-0.4, -0.2) is 12.9 Å². The summed E-state index contributed by atoms with van der Waals surface area (Å²) in [6.07, 6.45) is 3.56. The lowest BCUT2D eigenvalue weighted by molar-refractivity contribution is -0.116. The molecule has 0 N–H and O–H groups in total. The largest absolute Gasteiger partial charge is 0.496 e. The summed E-state index contributed by atoms with van der Waals surface area (Å²) in [7, 11) is 1.78. The molecule has 0 heterocycles. The molecule has 0 bridgehead atoms. The molecular weight excluding hydrogens is 272 g/mol. The first-order chi connectivity index (χ1) is 10.4. The Hall–Kier alpha value is -1.57. The molecule has 0 amide bonds. The van der Waals surface area contributed by atoms with Gasteiger partial charge >= 0.3 is 0 Å². The van der Waals surface area contributed by atoms with E-state index in [1.54, 1.807) is 7.11 Å². The zero-order valence-electron chi connectivity index (χ0n) is 14.4. The number of fused-ring (bicyclic) bond motifs is 3. The maximum Gasteiger partial charge on any atom is 0.158 e. The van der Waals surface area contributed by atoms with Crippen LogP contribution in [0, 0.1) is 0 Å². The Morgan fingerprint density at radius 1 is 1.18 bits per heavy atom. The van der Waals surface area contributed by atoms with E-state index in [1.165, 1.54) is 22.3 Å². The van der Waals surface area contributed by atoms with Gasteiger partial charge in [-0.25, -0.2) is 0 Å². The van der Waals surface area contributed by atoms with E-state index in [4.69, 9.17) is 4.74 Å². The second kappa shape index (κ2) is 5.26. The van der Waals surface area contributed by atoms with E-state index < -0.39 is 0 Å². The molecule has 0 aromatic heterocycles. The van der Waals surface area contributed by atoms with E-state index in [-0.39, 0.29) is 5.41 Å². The van der Waals surface area contributed by atoms with Crippen molar-refractivity contribution < 1.29 is 9.53 Å². The number of ketones is 1. The molecule has 0 aliphatic heterocycles. The van der Waals surface area contributed by atoms with Crippen molar-refractivity contribution in [2.75, 3.05) is 7.11 Å². The van der Waals surface area contributed by atoms with Gasteiger partial charge in [0.25, 0.3) is 0 Å². The number of allylic oxidation sites excluding steroid dienone is 2. The lowest BCUT2D eigenvalue weighted by atomic mass is 9.61. The second-order valence-corrected chi connectivity index (χ2v) is 7.23. The lowest BCUT2D eigenvalue weighted by Crippen LogP contribution is -2.36. The molecular formula is C20H26O2. The molecule has 1 unspecified atom stereocenters. The zero-order chi connectivity index (χ0) is 16.1. The normalized spacial score (nSPS) is 24.4. The van der Waals surface area contributed by atoms with Crippen molar-refractivity contribution in [1.82, 2.24) is 0 Å². The first kappa shape index (κ1) is 15.3. The topological polar surface area (TPSA) is 26.3 Å². The van der Waals surface area contributed by atoms with Crippen LogP contribution in [0.25, 0.3) is 0 Å². The zero-order valence-corrected chi connectivity index (χ0v) is 14.4. The van der Waals surface area contributed by atoms with Crippen molar-refractivity contribution in [3.05, 3.63) is 40.0 Å². The Balaban J connectivity index is 2.23. The second-order valence-electron chi connectivity index (χ2n) is 7.23. The van der Waals surface area contributed by atoms with E-state index in [1.807, 2.05) is 6.92 Å². The van der Waals surface area contributed by atoms with Gasteiger partial charge in [-0.15, -0.1) is 0 Å². The molecule has 2 aliphatic carbocycles. The average molecular weight is 298 g/mol. The molecule has 1 atom stereocenters. The van der Waals surface area contributed by atoms with Crippen LogP contribution in [0.4, 0.5) is 0 Å². The van der Waals surface area contributed by atoms with Gasteiger partial charge in [0.05, 0.1) is 7.11 Å². The number of carbonyl (C=O) groups excluding carboxylic acids is 1. The van der Waals surface area contributed by atoms with E-state index in [9.17, 15) is 4.79 Å². The van der Waals surface area contributed by atoms with Gasteiger partial charge < -0.3 is 4.74 Å². The Morgan fingerprint density at radius 2 is 1.91 bits per heavy atom. The first-order valence-electron chi connectivity index (χ1n) is 8.33. The summed E-state index contributed by atoms with van der Waals surface area (Å²) in [5.74, 6) is 1.86. The predicted octanol–water partition coefficient (Wildman–Crippen LogP) is 4.70. The SMILES string of the molecule is COc1c(C(C)C)ccc2c1CCC1=C(C)C(=O)CCC12C. The minimum absolute atomic E-state index is 0.00830. The highest BCUT2D eigenvalue weighted by molar-refractivity contribution is 5.97. The Kier molecular flexibility index (Phi) is 3.66.